The van der Waals surface area contributed by atoms with Gasteiger partial charge >= 0.3 is 0 Å². The van der Waals surface area contributed by atoms with E-state index in [1.807, 2.05) is 6.92 Å². The van der Waals surface area contributed by atoms with E-state index in [-0.39, 0.29) is 18.4 Å². The molecule has 2 rings (SSSR count). The molecule has 1 aliphatic heterocycles. The number of aromatic amines is 1. The molecule has 2 N–H and O–H groups in total. The molecule has 0 radical (unpaired) electrons. The maximum Gasteiger partial charge on any atom is 0.258 e. The van der Waals surface area contributed by atoms with Gasteiger partial charge in [-0.25, -0.2) is 0 Å². The second-order valence-corrected chi connectivity index (χ2v) is 4.24. The summed E-state index contributed by atoms with van der Waals surface area (Å²) < 4.78 is 0. The molecular weight excluding hydrogens is 220 g/mol. The van der Waals surface area contributed by atoms with Gasteiger partial charge in [-0.1, -0.05) is 0 Å². The standard InChI is InChI=1S/C11H16N4O2/c1-7-10(8(2)14-13-7)11(17)15-5-3-4-12-9(16)6-15/h3-6H2,1-2H3,(H,12,16)(H,13,14). The monoisotopic (exact) mass is 236 g/mol. The minimum Gasteiger partial charge on any atom is -0.354 e. The van der Waals surface area contributed by atoms with E-state index >= 15 is 0 Å². The number of rotatable bonds is 1. The molecule has 0 bridgehead atoms. The van der Waals surface area contributed by atoms with Crippen LogP contribution in [-0.4, -0.2) is 46.5 Å². The van der Waals surface area contributed by atoms with Crippen LogP contribution in [0.2, 0.25) is 0 Å². The van der Waals surface area contributed by atoms with Crippen molar-refractivity contribution in [3.05, 3.63) is 17.0 Å². The smallest absolute Gasteiger partial charge is 0.258 e. The third-order valence-corrected chi connectivity index (χ3v) is 2.89. The number of aryl methyl sites for hydroxylation is 2. The molecule has 1 saturated heterocycles. The molecular formula is C11H16N4O2. The molecule has 0 unspecified atom stereocenters. The van der Waals surface area contributed by atoms with Crippen LogP contribution in [-0.2, 0) is 4.79 Å². The highest BCUT2D eigenvalue weighted by Gasteiger charge is 2.24. The van der Waals surface area contributed by atoms with E-state index in [1.165, 1.54) is 0 Å². The van der Waals surface area contributed by atoms with Crippen LogP contribution >= 0.6 is 0 Å². The van der Waals surface area contributed by atoms with Crippen LogP contribution in [0.1, 0.15) is 28.2 Å². The van der Waals surface area contributed by atoms with E-state index in [0.29, 0.717) is 24.3 Å². The molecule has 0 aliphatic carbocycles. The Hall–Kier alpha value is -1.85. The van der Waals surface area contributed by atoms with Gasteiger partial charge in [0.1, 0.15) is 0 Å². The SMILES string of the molecule is Cc1n[nH]c(C)c1C(=O)N1CCCNC(=O)C1. The largest absolute Gasteiger partial charge is 0.354 e. The number of nitrogens with one attached hydrogen (secondary N) is 2. The number of H-pyrrole nitrogens is 1. The van der Waals surface area contributed by atoms with E-state index in [0.717, 1.165) is 12.1 Å². The third kappa shape index (κ3) is 2.30. The number of aromatic nitrogens is 2. The molecule has 17 heavy (non-hydrogen) atoms. The molecule has 0 aromatic carbocycles. The van der Waals surface area contributed by atoms with Crippen LogP contribution in [0.4, 0.5) is 0 Å². The van der Waals surface area contributed by atoms with Crippen molar-refractivity contribution in [3.8, 4) is 0 Å². The molecule has 6 heteroatoms. The Morgan fingerprint density at radius 3 is 2.82 bits per heavy atom. The summed E-state index contributed by atoms with van der Waals surface area (Å²) in [5.74, 6) is -0.222. The molecule has 1 aliphatic rings. The van der Waals surface area contributed by atoms with Crippen molar-refractivity contribution in [2.45, 2.75) is 20.3 Å². The lowest BCUT2D eigenvalue weighted by Gasteiger charge is -2.18. The van der Waals surface area contributed by atoms with E-state index in [1.54, 1.807) is 11.8 Å². The second-order valence-electron chi connectivity index (χ2n) is 4.24. The highest BCUT2D eigenvalue weighted by atomic mass is 16.2. The summed E-state index contributed by atoms with van der Waals surface area (Å²) in [6.45, 7) is 4.95. The fourth-order valence-electron chi connectivity index (χ4n) is 2.00. The van der Waals surface area contributed by atoms with Crippen molar-refractivity contribution in [2.24, 2.45) is 0 Å². The van der Waals surface area contributed by atoms with Crippen LogP contribution in [0.5, 0.6) is 0 Å². The van der Waals surface area contributed by atoms with Gasteiger partial charge in [-0.05, 0) is 20.3 Å². The second kappa shape index (κ2) is 4.57. The average Bonchev–Trinajstić information content (AvgIpc) is 2.51. The maximum absolute atomic E-state index is 12.3. The average molecular weight is 236 g/mol. The third-order valence-electron chi connectivity index (χ3n) is 2.89. The number of hydrogen-bond donors (Lipinski definition) is 2. The van der Waals surface area contributed by atoms with Crippen molar-refractivity contribution < 1.29 is 9.59 Å². The molecule has 2 amide bonds. The van der Waals surface area contributed by atoms with Gasteiger partial charge in [0.15, 0.2) is 0 Å². The number of hydrogen-bond acceptors (Lipinski definition) is 3. The van der Waals surface area contributed by atoms with Gasteiger partial charge in [0, 0.05) is 18.8 Å². The summed E-state index contributed by atoms with van der Waals surface area (Å²) in [4.78, 5) is 25.3. The zero-order valence-electron chi connectivity index (χ0n) is 10.0. The Morgan fingerprint density at radius 1 is 1.41 bits per heavy atom. The molecule has 2 heterocycles. The van der Waals surface area contributed by atoms with Gasteiger partial charge in [-0.2, -0.15) is 5.10 Å². The van der Waals surface area contributed by atoms with Gasteiger partial charge in [0.05, 0.1) is 17.8 Å². The highest BCUT2D eigenvalue weighted by molar-refractivity contribution is 5.98. The molecule has 0 saturated carbocycles. The Morgan fingerprint density at radius 2 is 2.18 bits per heavy atom. The summed E-state index contributed by atoms with van der Waals surface area (Å²) in [5, 5.41) is 9.53. The first-order chi connectivity index (χ1) is 8.09. The normalized spacial score (nSPS) is 16.6. The minimum atomic E-state index is -0.120. The Bertz CT molecular complexity index is 433. The van der Waals surface area contributed by atoms with Crippen LogP contribution in [0.15, 0.2) is 0 Å². The molecule has 1 aromatic heterocycles. The fraction of sp³-hybridized carbons (Fsp3) is 0.545. The quantitative estimate of drug-likeness (QED) is 0.719. The van der Waals surface area contributed by atoms with Crippen molar-refractivity contribution in [2.75, 3.05) is 19.6 Å². The zero-order valence-corrected chi connectivity index (χ0v) is 10.0. The first-order valence-corrected chi connectivity index (χ1v) is 5.67. The van der Waals surface area contributed by atoms with Crippen molar-refractivity contribution in [1.29, 1.82) is 0 Å². The number of amides is 2. The van der Waals surface area contributed by atoms with Crippen LogP contribution in [0, 0.1) is 13.8 Å². The fourth-order valence-corrected chi connectivity index (χ4v) is 2.00. The Balaban J connectivity index is 2.22. The number of carbonyl (C=O) groups is 2. The number of carbonyl (C=O) groups excluding carboxylic acids is 2. The van der Waals surface area contributed by atoms with Crippen LogP contribution in [0.25, 0.3) is 0 Å². The van der Waals surface area contributed by atoms with Crippen LogP contribution in [0.3, 0.4) is 0 Å². The topological polar surface area (TPSA) is 78.1 Å². The Labute approximate surface area is 99.4 Å². The Kier molecular flexibility index (Phi) is 3.12. The van der Waals surface area contributed by atoms with Gasteiger partial charge in [0.25, 0.3) is 5.91 Å². The molecule has 0 atom stereocenters. The van der Waals surface area contributed by atoms with Crippen molar-refractivity contribution >= 4 is 11.8 Å². The number of nitrogens with zero attached hydrogens (tertiary/aromatic N) is 2. The van der Waals surface area contributed by atoms with Gasteiger partial charge in [-0.15, -0.1) is 0 Å². The lowest BCUT2D eigenvalue weighted by atomic mass is 10.1. The minimum absolute atomic E-state index is 0.102. The van der Waals surface area contributed by atoms with Gasteiger partial charge in [-0.3, -0.25) is 14.7 Å². The first-order valence-electron chi connectivity index (χ1n) is 5.67. The van der Waals surface area contributed by atoms with Gasteiger partial charge < -0.3 is 10.2 Å². The summed E-state index contributed by atoms with van der Waals surface area (Å²) in [7, 11) is 0. The summed E-state index contributed by atoms with van der Waals surface area (Å²) >= 11 is 0. The molecule has 1 aromatic rings. The van der Waals surface area contributed by atoms with E-state index in [4.69, 9.17) is 0 Å². The lowest BCUT2D eigenvalue weighted by molar-refractivity contribution is -0.121. The lowest BCUT2D eigenvalue weighted by Crippen LogP contribution is -2.37. The highest BCUT2D eigenvalue weighted by Crippen LogP contribution is 2.13. The molecule has 0 spiro atoms. The first kappa shape index (κ1) is 11.6. The van der Waals surface area contributed by atoms with E-state index in [2.05, 4.69) is 15.5 Å². The van der Waals surface area contributed by atoms with E-state index < -0.39 is 0 Å². The maximum atomic E-state index is 12.3. The molecule has 6 nitrogen and oxygen atoms in total. The van der Waals surface area contributed by atoms with Gasteiger partial charge in [0.2, 0.25) is 5.91 Å². The summed E-state index contributed by atoms with van der Waals surface area (Å²) in [6, 6.07) is 0. The zero-order chi connectivity index (χ0) is 12.4. The summed E-state index contributed by atoms with van der Waals surface area (Å²) in [6.07, 6.45) is 0.785. The summed E-state index contributed by atoms with van der Waals surface area (Å²) in [5.41, 5.74) is 2.01. The predicted molar refractivity (Wildman–Crippen MR) is 61.6 cm³/mol. The predicted octanol–water partition coefficient (Wildman–Crippen LogP) is -0.0114. The molecule has 1 fully saturated rings. The van der Waals surface area contributed by atoms with Crippen LogP contribution < -0.4 is 5.32 Å². The van der Waals surface area contributed by atoms with Crippen molar-refractivity contribution in [1.82, 2.24) is 20.4 Å². The van der Waals surface area contributed by atoms with Crippen molar-refractivity contribution in [3.63, 3.8) is 0 Å². The van der Waals surface area contributed by atoms with E-state index in [9.17, 15) is 9.59 Å². The molecule has 92 valence electrons.